The molecule has 17 heavy (non-hydrogen) atoms. The van der Waals surface area contributed by atoms with Gasteiger partial charge in [0.1, 0.15) is 11.9 Å². The molecule has 0 aliphatic heterocycles. The van der Waals surface area contributed by atoms with Gasteiger partial charge in [0, 0.05) is 0 Å². The number of hydrogen-bond donors (Lipinski definition) is 3. The van der Waals surface area contributed by atoms with E-state index in [1.54, 1.807) is 0 Å². The molecular weight excluding hydrogens is 251 g/mol. The van der Waals surface area contributed by atoms with E-state index in [2.05, 4.69) is 5.32 Å². The predicted octanol–water partition coefficient (Wildman–Crippen LogP) is 0.0551. The van der Waals surface area contributed by atoms with Crippen molar-refractivity contribution in [3.8, 4) is 0 Å². The standard InChI is InChI=1S/C10H10ClFN2O3/c11-5-2-1-3-6(12)8(5)10(17)14-4-7(15)9(13)16/h1-3,7,15H,4H2,(H2,13,16)(H,14,17). The molecule has 92 valence electrons. The minimum Gasteiger partial charge on any atom is -0.381 e. The molecule has 1 rings (SSSR count). The summed E-state index contributed by atoms with van der Waals surface area (Å²) < 4.78 is 13.3. The van der Waals surface area contributed by atoms with Crippen molar-refractivity contribution in [1.29, 1.82) is 0 Å². The van der Waals surface area contributed by atoms with Gasteiger partial charge >= 0.3 is 0 Å². The fourth-order valence-corrected chi connectivity index (χ4v) is 1.34. The molecule has 0 fully saturated rings. The summed E-state index contributed by atoms with van der Waals surface area (Å²) in [6.45, 7) is -0.404. The van der Waals surface area contributed by atoms with E-state index in [0.29, 0.717) is 0 Å². The van der Waals surface area contributed by atoms with Gasteiger partial charge in [0.25, 0.3) is 5.91 Å². The smallest absolute Gasteiger partial charge is 0.255 e. The Morgan fingerprint density at radius 2 is 2.18 bits per heavy atom. The van der Waals surface area contributed by atoms with Gasteiger partial charge < -0.3 is 16.2 Å². The molecule has 0 heterocycles. The van der Waals surface area contributed by atoms with Crippen LogP contribution in [0.3, 0.4) is 0 Å². The summed E-state index contributed by atoms with van der Waals surface area (Å²) in [7, 11) is 0. The average Bonchev–Trinajstić information content (AvgIpc) is 2.25. The van der Waals surface area contributed by atoms with Crippen LogP contribution in [0.4, 0.5) is 4.39 Å². The maximum Gasteiger partial charge on any atom is 0.255 e. The van der Waals surface area contributed by atoms with E-state index in [0.717, 1.165) is 6.07 Å². The van der Waals surface area contributed by atoms with Gasteiger partial charge in [-0.25, -0.2) is 4.39 Å². The molecule has 1 aromatic carbocycles. The molecule has 0 spiro atoms. The first-order valence-electron chi connectivity index (χ1n) is 4.63. The Hall–Kier alpha value is -1.66. The molecule has 1 aromatic rings. The first-order chi connectivity index (χ1) is 7.93. The van der Waals surface area contributed by atoms with Crippen molar-refractivity contribution in [1.82, 2.24) is 5.32 Å². The van der Waals surface area contributed by atoms with E-state index >= 15 is 0 Å². The van der Waals surface area contributed by atoms with E-state index in [1.165, 1.54) is 12.1 Å². The fourth-order valence-electron chi connectivity index (χ4n) is 1.09. The fraction of sp³-hybridized carbons (Fsp3) is 0.200. The first kappa shape index (κ1) is 13.4. The highest BCUT2D eigenvalue weighted by atomic mass is 35.5. The van der Waals surface area contributed by atoms with Gasteiger partial charge in [0.2, 0.25) is 5.91 Å². The Morgan fingerprint density at radius 1 is 1.53 bits per heavy atom. The molecule has 5 nitrogen and oxygen atoms in total. The van der Waals surface area contributed by atoms with Crippen molar-refractivity contribution in [3.63, 3.8) is 0 Å². The molecule has 0 radical (unpaired) electrons. The third kappa shape index (κ3) is 3.40. The topological polar surface area (TPSA) is 92.4 Å². The first-order valence-corrected chi connectivity index (χ1v) is 5.01. The third-order valence-corrected chi connectivity index (χ3v) is 2.29. The van der Waals surface area contributed by atoms with Gasteiger partial charge in [-0.1, -0.05) is 17.7 Å². The second kappa shape index (κ2) is 5.60. The van der Waals surface area contributed by atoms with Crippen molar-refractivity contribution in [2.24, 2.45) is 5.73 Å². The summed E-state index contributed by atoms with van der Waals surface area (Å²) >= 11 is 5.65. The molecule has 1 atom stereocenters. The number of carbonyl (C=O) groups excluding carboxylic acids is 2. The van der Waals surface area contributed by atoms with E-state index in [4.69, 9.17) is 22.4 Å². The van der Waals surface area contributed by atoms with E-state index in [-0.39, 0.29) is 10.6 Å². The monoisotopic (exact) mass is 260 g/mol. The lowest BCUT2D eigenvalue weighted by Gasteiger charge is -2.09. The van der Waals surface area contributed by atoms with Gasteiger partial charge in [-0.05, 0) is 12.1 Å². The van der Waals surface area contributed by atoms with Gasteiger partial charge in [-0.2, -0.15) is 0 Å². The zero-order valence-electron chi connectivity index (χ0n) is 8.61. The van der Waals surface area contributed by atoms with Crippen molar-refractivity contribution in [2.45, 2.75) is 6.10 Å². The Labute approximate surface area is 101 Å². The maximum absolute atomic E-state index is 13.3. The number of hydrogen-bond acceptors (Lipinski definition) is 3. The highest BCUT2D eigenvalue weighted by Gasteiger charge is 2.18. The van der Waals surface area contributed by atoms with Gasteiger partial charge in [-0.15, -0.1) is 0 Å². The van der Waals surface area contributed by atoms with Gasteiger partial charge in [0.15, 0.2) is 0 Å². The Morgan fingerprint density at radius 3 is 2.71 bits per heavy atom. The third-order valence-electron chi connectivity index (χ3n) is 1.97. The highest BCUT2D eigenvalue weighted by Crippen LogP contribution is 2.18. The molecule has 7 heteroatoms. The molecule has 4 N–H and O–H groups in total. The molecule has 1 unspecified atom stereocenters. The van der Waals surface area contributed by atoms with Crippen LogP contribution >= 0.6 is 11.6 Å². The lowest BCUT2D eigenvalue weighted by Crippen LogP contribution is -2.40. The summed E-state index contributed by atoms with van der Waals surface area (Å²) in [5.74, 6) is -2.60. The number of carbonyl (C=O) groups is 2. The molecule has 0 saturated carbocycles. The van der Waals surface area contributed by atoms with Crippen LogP contribution in [0.5, 0.6) is 0 Å². The zero-order valence-corrected chi connectivity index (χ0v) is 9.37. The largest absolute Gasteiger partial charge is 0.381 e. The number of nitrogens with two attached hydrogens (primary N) is 1. The van der Waals surface area contributed by atoms with Crippen LogP contribution in [0.1, 0.15) is 10.4 Å². The number of nitrogens with one attached hydrogen (secondary N) is 1. The number of aliphatic hydroxyl groups is 1. The van der Waals surface area contributed by atoms with E-state index in [1.807, 2.05) is 0 Å². The lowest BCUT2D eigenvalue weighted by molar-refractivity contribution is -0.125. The molecule has 0 aliphatic rings. The number of rotatable bonds is 4. The maximum atomic E-state index is 13.3. The summed E-state index contributed by atoms with van der Waals surface area (Å²) in [5, 5.41) is 11.1. The van der Waals surface area contributed by atoms with Gasteiger partial charge in [-0.3, -0.25) is 9.59 Å². The Balaban J connectivity index is 2.74. The van der Waals surface area contributed by atoms with Crippen LogP contribution in [0.15, 0.2) is 18.2 Å². The zero-order chi connectivity index (χ0) is 13.0. The second-order valence-electron chi connectivity index (χ2n) is 3.22. The second-order valence-corrected chi connectivity index (χ2v) is 3.63. The summed E-state index contributed by atoms with van der Waals surface area (Å²) in [6.07, 6.45) is -1.52. The Kier molecular flexibility index (Phi) is 4.42. The van der Waals surface area contributed by atoms with E-state index in [9.17, 15) is 14.0 Å². The summed E-state index contributed by atoms with van der Waals surface area (Å²) in [6, 6.07) is 3.78. The number of primary amides is 1. The minimum absolute atomic E-state index is 0.0592. The van der Waals surface area contributed by atoms with Crippen LogP contribution < -0.4 is 11.1 Å². The van der Waals surface area contributed by atoms with Crippen molar-refractivity contribution >= 4 is 23.4 Å². The van der Waals surface area contributed by atoms with Gasteiger partial charge in [0.05, 0.1) is 17.1 Å². The number of amides is 2. The number of aliphatic hydroxyl groups excluding tert-OH is 1. The number of benzene rings is 1. The van der Waals surface area contributed by atoms with Crippen LogP contribution in [-0.2, 0) is 4.79 Å². The van der Waals surface area contributed by atoms with Crippen molar-refractivity contribution < 1.29 is 19.1 Å². The molecule has 0 saturated heterocycles. The molecule has 0 aromatic heterocycles. The lowest BCUT2D eigenvalue weighted by atomic mass is 10.2. The average molecular weight is 261 g/mol. The summed E-state index contributed by atoms with van der Waals surface area (Å²) in [5.41, 5.74) is 4.44. The van der Waals surface area contributed by atoms with Crippen LogP contribution in [0.25, 0.3) is 0 Å². The normalized spacial score (nSPS) is 11.9. The highest BCUT2D eigenvalue weighted by molar-refractivity contribution is 6.33. The van der Waals surface area contributed by atoms with Crippen LogP contribution in [-0.4, -0.2) is 29.6 Å². The molecule has 2 amide bonds. The predicted molar refractivity (Wildman–Crippen MR) is 58.9 cm³/mol. The van der Waals surface area contributed by atoms with Crippen molar-refractivity contribution in [3.05, 3.63) is 34.6 Å². The number of halogens is 2. The summed E-state index contributed by atoms with van der Waals surface area (Å²) in [4.78, 5) is 22.0. The minimum atomic E-state index is -1.52. The van der Waals surface area contributed by atoms with Crippen molar-refractivity contribution in [2.75, 3.05) is 6.54 Å². The van der Waals surface area contributed by atoms with Crippen LogP contribution in [0.2, 0.25) is 5.02 Å². The molecular formula is C10H10ClFN2O3. The molecule has 0 aliphatic carbocycles. The SMILES string of the molecule is NC(=O)C(O)CNC(=O)c1c(F)cccc1Cl. The quantitative estimate of drug-likeness (QED) is 0.714. The molecule has 0 bridgehead atoms. The van der Waals surface area contributed by atoms with E-state index < -0.39 is 30.3 Å². The Bertz CT molecular complexity index is 433. The van der Waals surface area contributed by atoms with Crippen LogP contribution in [0, 0.1) is 5.82 Å².